The molecule has 0 spiro atoms. The standard InChI is InChI=1S/C70H60BN2O/c1-67(2,3)42-29-32-44(33-30-42)72-55-38-53-47(45-25-17-19-27-51(45)69(53,7)8)36-48(55)61-60-46-26-18-20-28-52(46)70(9,10)63(60)62-49-35-43(68(4,5)6)31-34-56(49)73-57-37-50-58(39-54(57)71-64(61)65(62)73)74-66(41-23-15-12-16-24-41)59(50)40-21-13-11-14-22-40/h11-39,72H,1-10H3. The fraction of sp³-hybridized carbons (Fsp3) is 0.200. The van der Waals surface area contributed by atoms with Crippen LogP contribution in [0.3, 0.4) is 0 Å². The van der Waals surface area contributed by atoms with Gasteiger partial charge in [0.25, 0.3) is 0 Å². The number of hydrogen-bond donors (Lipinski definition) is 1. The highest BCUT2D eigenvalue weighted by Crippen LogP contribution is 2.59. The van der Waals surface area contributed by atoms with Gasteiger partial charge in [-0.05, 0) is 132 Å². The monoisotopic (exact) mass is 955 g/mol. The summed E-state index contributed by atoms with van der Waals surface area (Å²) in [7, 11) is 2.50. The molecule has 3 nitrogen and oxygen atoms in total. The highest BCUT2D eigenvalue weighted by Gasteiger charge is 2.44. The molecule has 11 aromatic rings. The SMILES string of the molecule is CC(C)(C)c1ccc(Nc2cc3c(cc2-c2c4c(c5c6cc(C(C)(C)C)ccc6n6c5c2[B]c2cc5oc(-c7ccccc7)c(-c7ccccc7)c5cc2-6)C(C)(C)c2ccccc2-4)-c2ccccc2C3(C)C)cc1. The maximum atomic E-state index is 7.13. The van der Waals surface area contributed by atoms with Gasteiger partial charge in [-0.1, -0.05) is 202 Å². The van der Waals surface area contributed by atoms with E-state index < -0.39 is 0 Å². The van der Waals surface area contributed by atoms with Gasteiger partial charge in [-0.2, -0.15) is 0 Å². The minimum Gasteiger partial charge on any atom is -0.455 e. The van der Waals surface area contributed by atoms with Gasteiger partial charge in [-0.25, -0.2) is 0 Å². The average Bonchev–Trinajstić information content (AvgIpc) is 4.11. The van der Waals surface area contributed by atoms with Crippen molar-refractivity contribution in [2.24, 2.45) is 0 Å². The predicted octanol–water partition coefficient (Wildman–Crippen LogP) is 17.5. The average molecular weight is 956 g/mol. The van der Waals surface area contributed by atoms with Crippen molar-refractivity contribution < 1.29 is 4.42 Å². The minimum absolute atomic E-state index is 0.0392. The molecule has 3 aliphatic rings. The lowest BCUT2D eigenvalue weighted by molar-refractivity contribution is 0.590. The molecule has 3 heterocycles. The number of nitrogens with one attached hydrogen (secondary N) is 1. The molecular formula is C70H60BN2O. The summed E-state index contributed by atoms with van der Waals surface area (Å²) in [5, 5.41) is 7.84. The van der Waals surface area contributed by atoms with Crippen LogP contribution >= 0.6 is 0 Å². The third kappa shape index (κ3) is 6.33. The Kier molecular flexibility index (Phi) is 9.32. The van der Waals surface area contributed by atoms with Crippen LogP contribution in [0.5, 0.6) is 0 Å². The van der Waals surface area contributed by atoms with Gasteiger partial charge in [-0.15, -0.1) is 0 Å². The lowest BCUT2D eigenvalue weighted by Crippen LogP contribution is -2.38. The summed E-state index contributed by atoms with van der Waals surface area (Å²) < 4.78 is 9.75. The number of nitrogens with zero attached hydrogens (tertiary/aromatic N) is 1. The molecule has 2 aliphatic carbocycles. The van der Waals surface area contributed by atoms with E-state index in [2.05, 4.69) is 262 Å². The quantitative estimate of drug-likeness (QED) is 0.174. The molecule has 0 atom stereocenters. The van der Waals surface area contributed by atoms with E-state index in [0.29, 0.717) is 0 Å². The topological polar surface area (TPSA) is 30.1 Å². The Bertz CT molecular complexity index is 4170. The van der Waals surface area contributed by atoms with Crippen molar-refractivity contribution in [3.8, 4) is 61.5 Å². The van der Waals surface area contributed by atoms with Gasteiger partial charge in [0.2, 0.25) is 0 Å². The Morgan fingerprint density at radius 1 is 0.500 bits per heavy atom. The number of benzene rings is 9. The van der Waals surface area contributed by atoms with Crippen LogP contribution in [0.25, 0.3) is 94.3 Å². The third-order valence-electron chi connectivity index (χ3n) is 17.1. The number of fused-ring (bicyclic) bond motifs is 13. The predicted molar refractivity (Wildman–Crippen MR) is 314 cm³/mol. The van der Waals surface area contributed by atoms with Crippen molar-refractivity contribution in [3.05, 3.63) is 209 Å². The molecule has 14 rings (SSSR count). The lowest BCUT2D eigenvalue weighted by atomic mass is 9.57. The minimum atomic E-state index is -0.322. The second-order valence-electron chi connectivity index (χ2n) is 24.4. The molecule has 1 aliphatic heterocycles. The van der Waals surface area contributed by atoms with Crippen molar-refractivity contribution in [2.75, 3.05) is 5.32 Å². The number of hydrogen-bond acceptors (Lipinski definition) is 2. The van der Waals surface area contributed by atoms with E-state index in [-0.39, 0.29) is 21.7 Å². The molecule has 0 unspecified atom stereocenters. The smallest absolute Gasteiger partial charge is 0.198 e. The molecule has 2 aromatic heterocycles. The fourth-order valence-corrected chi connectivity index (χ4v) is 13.3. The largest absolute Gasteiger partial charge is 0.455 e. The Morgan fingerprint density at radius 3 is 1.81 bits per heavy atom. The number of aromatic nitrogens is 1. The van der Waals surface area contributed by atoms with Gasteiger partial charge in [-0.3, -0.25) is 0 Å². The summed E-state index contributed by atoms with van der Waals surface area (Å²) in [5.41, 5.74) is 27.6. The van der Waals surface area contributed by atoms with E-state index in [1.165, 1.54) is 94.0 Å². The molecule has 0 saturated carbocycles. The zero-order valence-corrected chi connectivity index (χ0v) is 44.2. The summed E-state index contributed by atoms with van der Waals surface area (Å²) >= 11 is 0. The van der Waals surface area contributed by atoms with E-state index in [9.17, 15) is 0 Å². The molecule has 0 fully saturated rings. The zero-order valence-electron chi connectivity index (χ0n) is 44.2. The molecule has 1 N–H and O–H groups in total. The van der Waals surface area contributed by atoms with Crippen molar-refractivity contribution in [3.63, 3.8) is 0 Å². The first-order chi connectivity index (χ1) is 35.5. The number of anilines is 2. The van der Waals surface area contributed by atoms with E-state index in [4.69, 9.17) is 4.42 Å². The number of rotatable bonds is 5. The molecular weight excluding hydrogens is 896 g/mol. The second-order valence-corrected chi connectivity index (χ2v) is 24.4. The highest BCUT2D eigenvalue weighted by molar-refractivity contribution is 6.74. The van der Waals surface area contributed by atoms with Crippen LogP contribution < -0.4 is 16.2 Å². The van der Waals surface area contributed by atoms with Crippen LogP contribution in [0.15, 0.2) is 180 Å². The molecule has 74 heavy (non-hydrogen) atoms. The van der Waals surface area contributed by atoms with Crippen LogP contribution in [0.2, 0.25) is 0 Å². The summed E-state index contributed by atoms with van der Waals surface area (Å²) in [4.78, 5) is 0. The molecule has 1 radical (unpaired) electrons. The molecule has 0 amide bonds. The van der Waals surface area contributed by atoms with E-state index in [0.717, 1.165) is 55.9 Å². The van der Waals surface area contributed by atoms with Crippen LogP contribution in [0, 0.1) is 0 Å². The van der Waals surface area contributed by atoms with Crippen LogP contribution in [0.1, 0.15) is 103 Å². The van der Waals surface area contributed by atoms with Crippen LogP contribution in [-0.2, 0) is 21.7 Å². The maximum absolute atomic E-state index is 7.13. The van der Waals surface area contributed by atoms with Crippen molar-refractivity contribution in [1.82, 2.24) is 4.57 Å². The number of furan rings is 1. The Labute approximate surface area is 436 Å². The van der Waals surface area contributed by atoms with E-state index >= 15 is 0 Å². The van der Waals surface area contributed by atoms with E-state index in [1.807, 2.05) is 0 Å². The van der Waals surface area contributed by atoms with Gasteiger partial charge >= 0.3 is 0 Å². The maximum Gasteiger partial charge on any atom is 0.198 e. The van der Waals surface area contributed by atoms with Crippen LogP contribution in [-0.4, -0.2) is 11.8 Å². The summed E-state index contributed by atoms with van der Waals surface area (Å²) in [6, 6.07) is 65.9. The van der Waals surface area contributed by atoms with Crippen molar-refractivity contribution in [2.45, 2.75) is 90.9 Å². The third-order valence-corrected chi connectivity index (χ3v) is 17.1. The van der Waals surface area contributed by atoms with Gasteiger partial charge in [0.1, 0.15) is 11.3 Å². The Hall–Kier alpha value is -7.82. The second kappa shape index (κ2) is 15.4. The van der Waals surface area contributed by atoms with Crippen molar-refractivity contribution in [1.29, 1.82) is 0 Å². The summed E-state index contributed by atoms with van der Waals surface area (Å²) in [5.74, 6) is 0.884. The zero-order chi connectivity index (χ0) is 50.8. The molecule has 0 saturated heterocycles. The molecule has 4 heteroatoms. The summed E-state index contributed by atoms with van der Waals surface area (Å²) in [6.07, 6.45) is 0. The molecule has 359 valence electrons. The Morgan fingerprint density at radius 2 is 1.12 bits per heavy atom. The molecule has 9 aromatic carbocycles. The van der Waals surface area contributed by atoms with Crippen LogP contribution in [0.4, 0.5) is 11.4 Å². The van der Waals surface area contributed by atoms with Gasteiger partial charge in [0.15, 0.2) is 7.28 Å². The highest BCUT2D eigenvalue weighted by atomic mass is 16.3. The lowest BCUT2D eigenvalue weighted by Gasteiger charge is -2.29. The fourth-order valence-electron chi connectivity index (χ4n) is 13.3. The molecule has 0 bridgehead atoms. The van der Waals surface area contributed by atoms with Gasteiger partial charge in [0, 0.05) is 66.3 Å². The first kappa shape index (κ1) is 44.9. The normalized spacial score (nSPS) is 14.7. The van der Waals surface area contributed by atoms with E-state index in [1.54, 1.807) is 0 Å². The van der Waals surface area contributed by atoms with Gasteiger partial charge < -0.3 is 14.3 Å². The first-order valence-corrected chi connectivity index (χ1v) is 26.5. The Balaban J connectivity index is 1.15. The summed E-state index contributed by atoms with van der Waals surface area (Å²) in [6.45, 7) is 23.6. The van der Waals surface area contributed by atoms with Gasteiger partial charge in [0.05, 0.1) is 5.52 Å². The first-order valence-electron chi connectivity index (χ1n) is 26.5. The van der Waals surface area contributed by atoms with Crippen molar-refractivity contribution >= 4 is 62.4 Å².